The molecule has 0 spiro atoms. The molecule has 1 aromatic rings. The number of carbonyl (C=O) groups is 1. The summed E-state index contributed by atoms with van der Waals surface area (Å²) >= 11 is 0. The number of nitrogens with two attached hydrogens (primary N) is 1. The SMILES string of the molecule is CC1CC(OCC(=O)N(C)c2ccc(N)cc2)CC(C)O1. The van der Waals surface area contributed by atoms with Crippen LogP contribution in [0.4, 0.5) is 11.4 Å². The quantitative estimate of drug-likeness (QED) is 0.864. The van der Waals surface area contributed by atoms with Crippen LogP contribution < -0.4 is 10.6 Å². The van der Waals surface area contributed by atoms with Crippen molar-refractivity contribution in [3.63, 3.8) is 0 Å². The van der Waals surface area contributed by atoms with Gasteiger partial charge in [0.25, 0.3) is 5.91 Å². The first kappa shape index (κ1) is 15.8. The molecule has 1 saturated heterocycles. The highest BCUT2D eigenvalue weighted by atomic mass is 16.5. The van der Waals surface area contributed by atoms with Crippen molar-refractivity contribution in [2.24, 2.45) is 0 Å². The molecule has 5 nitrogen and oxygen atoms in total. The fourth-order valence-corrected chi connectivity index (χ4v) is 2.61. The Morgan fingerprint density at radius 2 is 1.86 bits per heavy atom. The zero-order valence-electron chi connectivity index (χ0n) is 12.9. The summed E-state index contributed by atoms with van der Waals surface area (Å²) in [6.07, 6.45) is 2.13. The van der Waals surface area contributed by atoms with Crippen molar-refractivity contribution >= 4 is 17.3 Å². The Labute approximate surface area is 126 Å². The van der Waals surface area contributed by atoms with E-state index in [9.17, 15) is 4.79 Å². The number of nitrogens with zero attached hydrogens (tertiary/aromatic N) is 1. The zero-order valence-corrected chi connectivity index (χ0v) is 12.9. The molecule has 1 aliphatic rings. The van der Waals surface area contributed by atoms with Crippen LogP contribution in [0.1, 0.15) is 26.7 Å². The Morgan fingerprint density at radius 3 is 2.43 bits per heavy atom. The van der Waals surface area contributed by atoms with Gasteiger partial charge in [-0.1, -0.05) is 0 Å². The van der Waals surface area contributed by atoms with E-state index in [0.717, 1.165) is 18.5 Å². The van der Waals surface area contributed by atoms with Crippen molar-refractivity contribution in [3.05, 3.63) is 24.3 Å². The molecule has 2 rings (SSSR count). The van der Waals surface area contributed by atoms with Gasteiger partial charge in [0.05, 0.1) is 18.3 Å². The van der Waals surface area contributed by atoms with Crippen molar-refractivity contribution < 1.29 is 14.3 Å². The van der Waals surface area contributed by atoms with Crippen LogP contribution >= 0.6 is 0 Å². The van der Waals surface area contributed by atoms with Crippen LogP contribution in [0.2, 0.25) is 0 Å². The fraction of sp³-hybridized carbons (Fsp3) is 0.562. The van der Waals surface area contributed by atoms with Crippen molar-refractivity contribution in [3.8, 4) is 0 Å². The maximum atomic E-state index is 12.2. The predicted molar refractivity (Wildman–Crippen MR) is 83.2 cm³/mol. The molecule has 0 aromatic heterocycles. The topological polar surface area (TPSA) is 64.8 Å². The molecule has 1 aliphatic heterocycles. The normalized spacial score (nSPS) is 25.6. The summed E-state index contributed by atoms with van der Waals surface area (Å²) in [5.74, 6) is -0.0634. The summed E-state index contributed by atoms with van der Waals surface area (Å²) in [7, 11) is 1.74. The summed E-state index contributed by atoms with van der Waals surface area (Å²) in [5, 5.41) is 0. The molecular weight excluding hydrogens is 268 g/mol. The molecule has 116 valence electrons. The van der Waals surface area contributed by atoms with E-state index in [1.165, 1.54) is 0 Å². The highest BCUT2D eigenvalue weighted by molar-refractivity contribution is 5.93. The predicted octanol–water partition coefficient (Wildman–Crippen LogP) is 2.20. The van der Waals surface area contributed by atoms with E-state index in [1.54, 1.807) is 24.1 Å². The first-order valence-electron chi connectivity index (χ1n) is 7.35. The third-order valence-electron chi connectivity index (χ3n) is 3.75. The van der Waals surface area contributed by atoms with Gasteiger partial charge in [0.1, 0.15) is 6.61 Å². The maximum absolute atomic E-state index is 12.2. The number of likely N-dealkylation sites (N-methyl/N-ethyl adjacent to an activating group) is 1. The monoisotopic (exact) mass is 292 g/mol. The summed E-state index contributed by atoms with van der Waals surface area (Å²) in [5.41, 5.74) is 7.14. The average molecular weight is 292 g/mol. The third-order valence-corrected chi connectivity index (χ3v) is 3.75. The van der Waals surface area contributed by atoms with Crippen molar-refractivity contribution in [1.29, 1.82) is 0 Å². The second-order valence-corrected chi connectivity index (χ2v) is 5.71. The number of ether oxygens (including phenoxy) is 2. The minimum atomic E-state index is -0.0634. The van der Waals surface area contributed by atoms with Gasteiger partial charge in [-0.05, 0) is 51.0 Å². The van der Waals surface area contributed by atoms with Gasteiger partial charge in [0.2, 0.25) is 0 Å². The van der Waals surface area contributed by atoms with E-state index in [1.807, 2.05) is 26.0 Å². The molecule has 2 N–H and O–H groups in total. The van der Waals surface area contributed by atoms with Crippen LogP contribution in [0.5, 0.6) is 0 Å². The lowest BCUT2D eigenvalue weighted by Crippen LogP contribution is -2.37. The van der Waals surface area contributed by atoms with E-state index < -0.39 is 0 Å². The lowest BCUT2D eigenvalue weighted by molar-refractivity contribution is -0.133. The zero-order chi connectivity index (χ0) is 15.4. The second kappa shape index (κ2) is 6.91. The largest absolute Gasteiger partial charge is 0.399 e. The van der Waals surface area contributed by atoms with E-state index in [-0.39, 0.29) is 30.8 Å². The Balaban J connectivity index is 1.85. The summed E-state index contributed by atoms with van der Waals surface area (Å²) in [6, 6.07) is 7.21. The summed E-state index contributed by atoms with van der Waals surface area (Å²) in [6.45, 7) is 4.16. The standard InChI is InChI=1S/C16H24N2O3/c1-11-8-15(9-12(2)21-11)20-10-16(19)18(3)14-6-4-13(17)5-7-14/h4-7,11-12,15H,8-10,17H2,1-3H3. The highest BCUT2D eigenvalue weighted by Crippen LogP contribution is 2.22. The first-order valence-corrected chi connectivity index (χ1v) is 7.35. The number of benzene rings is 1. The Hall–Kier alpha value is -1.59. The number of carbonyl (C=O) groups excluding carboxylic acids is 1. The van der Waals surface area contributed by atoms with E-state index in [4.69, 9.17) is 15.2 Å². The van der Waals surface area contributed by atoms with Crippen LogP contribution in [0.3, 0.4) is 0 Å². The third kappa shape index (κ3) is 4.44. The van der Waals surface area contributed by atoms with Gasteiger partial charge in [-0.15, -0.1) is 0 Å². The number of rotatable bonds is 4. The van der Waals surface area contributed by atoms with Gasteiger partial charge in [-0.25, -0.2) is 0 Å². The minimum Gasteiger partial charge on any atom is -0.399 e. The van der Waals surface area contributed by atoms with Crippen LogP contribution in [0.15, 0.2) is 24.3 Å². The molecule has 1 amide bonds. The van der Waals surface area contributed by atoms with Crippen LogP contribution in [0, 0.1) is 0 Å². The molecule has 0 aliphatic carbocycles. The summed E-state index contributed by atoms with van der Waals surface area (Å²) in [4.78, 5) is 13.8. The average Bonchev–Trinajstić information content (AvgIpc) is 2.44. The fourth-order valence-electron chi connectivity index (χ4n) is 2.61. The van der Waals surface area contributed by atoms with Crippen molar-refractivity contribution in [1.82, 2.24) is 0 Å². The lowest BCUT2D eigenvalue weighted by atomic mass is 10.0. The minimum absolute atomic E-state index is 0.0634. The molecule has 5 heteroatoms. The number of amides is 1. The molecular formula is C16H24N2O3. The number of nitrogen functional groups attached to an aromatic ring is 1. The molecule has 1 heterocycles. The molecule has 0 radical (unpaired) electrons. The Bertz CT molecular complexity index is 465. The number of hydrogen-bond donors (Lipinski definition) is 1. The molecule has 21 heavy (non-hydrogen) atoms. The molecule has 0 saturated carbocycles. The first-order chi connectivity index (χ1) is 9.95. The van der Waals surface area contributed by atoms with Gasteiger partial charge in [0, 0.05) is 18.4 Å². The molecule has 1 aromatic carbocycles. The van der Waals surface area contributed by atoms with E-state index in [2.05, 4.69) is 0 Å². The van der Waals surface area contributed by atoms with Gasteiger partial charge < -0.3 is 20.1 Å². The van der Waals surface area contributed by atoms with Gasteiger partial charge in [-0.3, -0.25) is 4.79 Å². The highest BCUT2D eigenvalue weighted by Gasteiger charge is 2.26. The van der Waals surface area contributed by atoms with Crippen molar-refractivity contribution in [2.45, 2.75) is 45.0 Å². The molecule has 2 unspecified atom stereocenters. The second-order valence-electron chi connectivity index (χ2n) is 5.71. The maximum Gasteiger partial charge on any atom is 0.252 e. The van der Waals surface area contributed by atoms with Crippen LogP contribution in [-0.4, -0.2) is 37.9 Å². The molecule has 0 bridgehead atoms. The van der Waals surface area contributed by atoms with Crippen LogP contribution in [-0.2, 0) is 14.3 Å². The van der Waals surface area contributed by atoms with E-state index in [0.29, 0.717) is 5.69 Å². The lowest BCUT2D eigenvalue weighted by Gasteiger charge is -2.32. The number of anilines is 2. The molecule has 2 atom stereocenters. The van der Waals surface area contributed by atoms with Crippen molar-refractivity contribution in [2.75, 3.05) is 24.3 Å². The smallest absolute Gasteiger partial charge is 0.252 e. The van der Waals surface area contributed by atoms with Gasteiger partial charge in [-0.2, -0.15) is 0 Å². The van der Waals surface area contributed by atoms with Crippen LogP contribution in [0.25, 0.3) is 0 Å². The molecule has 1 fully saturated rings. The summed E-state index contributed by atoms with van der Waals surface area (Å²) < 4.78 is 11.4. The van der Waals surface area contributed by atoms with E-state index >= 15 is 0 Å². The van der Waals surface area contributed by atoms with Gasteiger partial charge in [0.15, 0.2) is 0 Å². The Morgan fingerprint density at radius 1 is 1.29 bits per heavy atom. The Kier molecular flexibility index (Phi) is 5.20. The van der Waals surface area contributed by atoms with Gasteiger partial charge >= 0.3 is 0 Å². The number of hydrogen-bond acceptors (Lipinski definition) is 4.